The molecule has 146 valence electrons. The first-order valence-electron chi connectivity index (χ1n) is 9.27. The van der Waals surface area contributed by atoms with E-state index in [0.29, 0.717) is 21.7 Å². The maximum absolute atomic E-state index is 12.5. The van der Waals surface area contributed by atoms with Crippen LogP contribution in [0.2, 0.25) is 0 Å². The fourth-order valence-corrected chi connectivity index (χ4v) is 8.49. The predicted molar refractivity (Wildman–Crippen MR) is 103 cm³/mol. The van der Waals surface area contributed by atoms with Gasteiger partial charge in [-0.3, -0.25) is 25.2 Å². The molecule has 1 spiro atoms. The van der Waals surface area contributed by atoms with Crippen molar-refractivity contribution in [2.45, 2.75) is 36.3 Å². The highest BCUT2D eigenvalue weighted by molar-refractivity contribution is 8.21. The lowest BCUT2D eigenvalue weighted by Crippen LogP contribution is -2.51. The predicted octanol–water partition coefficient (Wildman–Crippen LogP) is 1.66. The molecule has 2 unspecified atom stereocenters. The first-order valence-corrected chi connectivity index (χ1v) is 11.2. The van der Waals surface area contributed by atoms with Crippen LogP contribution in [-0.2, 0) is 20.9 Å². The van der Waals surface area contributed by atoms with E-state index in [-0.39, 0.29) is 18.4 Å². The molecule has 27 heavy (non-hydrogen) atoms. The van der Waals surface area contributed by atoms with E-state index in [9.17, 15) is 14.4 Å². The summed E-state index contributed by atoms with van der Waals surface area (Å²) in [5.74, 6) is 2.11. The number of amides is 3. The molecule has 1 saturated heterocycles. The summed E-state index contributed by atoms with van der Waals surface area (Å²) in [6.45, 7) is 0.122. The van der Waals surface area contributed by atoms with Crippen molar-refractivity contribution in [3.05, 3.63) is 24.2 Å². The Morgan fingerprint density at radius 2 is 1.78 bits per heavy atom. The molecule has 3 fully saturated rings. The third-order valence-corrected chi connectivity index (χ3v) is 9.78. The van der Waals surface area contributed by atoms with E-state index in [2.05, 4.69) is 39.7 Å². The van der Waals surface area contributed by atoms with E-state index in [4.69, 9.17) is 4.42 Å². The molecule has 3 N–H and O–H groups in total. The van der Waals surface area contributed by atoms with E-state index in [0.717, 1.165) is 12.8 Å². The van der Waals surface area contributed by atoms with Crippen LogP contribution in [0.5, 0.6) is 0 Å². The van der Waals surface area contributed by atoms with Crippen molar-refractivity contribution >= 4 is 41.2 Å². The topological polar surface area (TPSA) is 100 Å². The number of carbonyl (C=O) groups excluding carboxylic acids is 3. The highest BCUT2D eigenvalue weighted by atomic mass is 32.2. The zero-order valence-corrected chi connectivity index (χ0v) is 16.5. The normalized spacial score (nSPS) is 28.1. The van der Waals surface area contributed by atoms with E-state index >= 15 is 0 Å². The molecule has 2 atom stereocenters. The van der Waals surface area contributed by atoms with Gasteiger partial charge in [-0.1, -0.05) is 0 Å². The highest BCUT2D eigenvalue weighted by Gasteiger charge is 2.57. The Morgan fingerprint density at radius 1 is 1.07 bits per heavy atom. The summed E-state index contributed by atoms with van der Waals surface area (Å²) in [4.78, 5) is 36.2. The number of carbonyl (C=O) groups is 3. The van der Waals surface area contributed by atoms with Crippen molar-refractivity contribution in [1.82, 2.24) is 16.2 Å². The lowest BCUT2D eigenvalue weighted by Gasteiger charge is -2.42. The molecule has 1 aromatic heterocycles. The van der Waals surface area contributed by atoms with Crippen molar-refractivity contribution < 1.29 is 18.8 Å². The van der Waals surface area contributed by atoms with Crippen LogP contribution in [0.4, 0.5) is 0 Å². The Labute approximate surface area is 166 Å². The number of thioether (sulfide) groups is 2. The van der Waals surface area contributed by atoms with Gasteiger partial charge >= 0.3 is 11.8 Å². The average molecular weight is 410 g/mol. The lowest BCUT2D eigenvalue weighted by atomic mass is 9.79. The van der Waals surface area contributed by atoms with Crippen molar-refractivity contribution in [1.29, 1.82) is 0 Å². The molecule has 7 nitrogen and oxygen atoms in total. The lowest BCUT2D eigenvalue weighted by molar-refractivity contribution is -0.141. The summed E-state index contributed by atoms with van der Waals surface area (Å²) >= 11 is 4.17. The summed E-state index contributed by atoms with van der Waals surface area (Å²) in [5, 5.41) is 2.44. The number of hydrazine groups is 1. The van der Waals surface area contributed by atoms with E-state index in [1.807, 2.05) is 0 Å². The van der Waals surface area contributed by atoms with Crippen molar-refractivity contribution in [2.75, 3.05) is 11.5 Å². The molecular weight excluding hydrogens is 386 g/mol. The summed E-state index contributed by atoms with van der Waals surface area (Å²) < 4.78 is 5.41. The van der Waals surface area contributed by atoms with Crippen LogP contribution in [0.15, 0.2) is 22.8 Å². The molecule has 0 radical (unpaired) electrons. The maximum Gasteiger partial charge on any atom is 0.327 e. The van der Waals surface area contributed by atoms with Crippen LogP contribution in [0.3, 0.4) is 0 Å². The fourth-order valence-electron chi connectivity index (χ4n) is 4.55. The van der Waals surface area contributed by atoms with Gasteiger partial charge in [0.15, 0.2) is 0 Å². The smallest absolute Gasteiger partial charge is 0.327 e. The molecule has 1 aliphatic heterocycles. The van der Waals surface area contributed by atoms with Crippen LogP contribution in [-0.4, -0.2) is 33.3 Å². The van der Waals surface area contributed by atoms with Gasteiger partial charge in [0.25, 0.3) is 0 Å². The Morgan fingerprint density at radius 3 is 2.41 bits per heavy atom. The van der Waals surface area contributed by atoms with Crippen molar-refractivity contribution in [3.63, 3.8) is 0 Å². The van der Waals surface area contributed by atoms with Gasteiger partial charge in [0, 0.05) is 17.4 Å². The monoisotopic (exact) mass is 409 g/mol. The van der Waals surface area contributed by atoms with Crippen LogP contribution >= 0.6 is 23.5 Å². The molecule has 1 aromatic rings. The average Bonchev–Trinajstić information content (AvgIpc) is 3.40. The molecule has 2 bridgehead atoms. The highest BCUT2D eigenvalue weighted by Crippen LogP contribution is 2.65. The second kappa shape index (κ2) is 7.79. The molecule has 9 heteroatoms. The molecule has 0 aromatic carbocycles. The molecule has 3 amide bonds. The van der Waals surface area contributed by atoms with Crippen LogP contribution in [0, 0.1) is 17.8 Å². The summed E-state index contributed by atoms with van der Waals surface area (Å²) in [6.07, 6.45) is 5.60. The second-order valence-corrected chi connectivity index (χ2v) is 10.3. The summed E-state index contributed by atoms with van der Waals surface area (Å²) in [6, 6.07) is 3.40. The van der Waals surface area contributed by atoms with Crippen LogP contribution < -0.4 is 16.2 Å². The molecule has 2 saturated carbocycles. The van der Waals surface area contributed by atoms with Gasteiger partial charge in [-0.25, -0.2) is 0 Å². The van der Waals surface area contributed by atoms with Gasteiger partial charge in [0.1, 0.15) is 5.76 Å². The molecular formula is C18H23N3O4S2. The zero-order chi connectivity index (χ0) is 18.9. The Balaban J connectivity index is 1.24. The first kappa shape index (κ1) is 18.7. The number of rotatable bonds is 3. The summed E-state index contributed by atoms with van der Waals surface area (Å²) in [7, 11) is 0. The Hall–Kier alpha value is -1.61. The third kappa shape index (κ3) is 3.71. The maximum atomic E-state index is 12.5. The summed E-state index contributed by atoms with van der Waals surface area (Å²) in [5.41, 5.74) is 4.67. The Bertz CT molecular complexity index is 702. The fraction of sp³-hybridized carbons (Fsp3) is 0.611. The van der Waals surface area contributed by atoms with Crippen LogP contribution in [0.25, 0.3) is 0 Å². The number of nitrogens with one attached hydrogen (secondary N) is 3. The number of furan rings is 1. The largest absolute Gasteiger partial charge is 0.467 e. The minimum atomic E-state index is -0.882. The van der Waals surface area contributed by atoms with Gasteiger partial charge in [-0.05, 0) is 49.7 Å². The number of hydrogen-bond acceptors (Lipinski definition) is 6. The zero-order valence-electron chi connectivity index (χ0n) is 14.9. The SMILES string of the molecule is O=C(NCc1ccco1)C(=O)NNC(=O)C1CC2CCC(C1)C21SCCS1. The van der Waals surface area contributed by atoms with Gasteiger partial charge in [0.2, 0.25) is 5.91 Å². The van der Waals surface area contributed by atoms with Gasteiger partial charge < -0.3 is 9.73 Å². The van der Waals surface area contributed by atoms with E-state index in [1.165, 1.54) is 30.6 Å². The van der Waals surface area contributed by atoms with Crippen molar-refractivity contribution in [3.8, 4) is 0 Å². The minimum Gasteiger partial charge on any atom is -0.467 e. The standard InChI is InChI=1S/C18H23N3O4S2/c22-15(20-21-17(24)16(23)19-10-14-2-1-5-25-14)11-8-12-3-4-13(9-11)18(12)26-6-7-27-18/h1-2,5,11-13H,3-4,6-10H2,(H,19,23)(H,20,22)(H,21,24). The Kier molecular flexibility index (Phi) is 5.41. The van der Waals surface area contributed by atoms with Crippen LogP contribution in [0.1, 0.15) is 31.4 Å². The molecule has 3 aliphatic rings. The second-order valence-electron chi connectivity index (χ2n) is 7.26. The van der Waals surface area contributed by atoms with E-state index in [1.54, 1.807) is 12.1 Å². The quantitative estimate of drug-likeness (QED) is 0.519. The molecule has 2 aliphatic carbocycles. The van der Waals surface area contributed by atoms with Gasteiger partial charge in [0.05, 0.1) is 16.9 Å². The molecule has 2 heterocycles. The van der Waals surface area contributed by atoms with Gasteiger partial charge in [-0.2, -0.15) is 0 Å². The van der Waals surface area contributed by atoms with E-state index < -0.39 is 11.8 Å². The third-order valence-electron chi connectivity index (χ3n) is 5.76. The van der Waals surface area contributed by atoms with Crippen molar-refractivity contribution in [2.24, 2.45) is 17.8 Å². The first-order chi connectivity index (χ1) is 13.1. The molecule has 4 rings (SSSR count). The van der Waals surface area contributed by atoms with Gasteiger partial charge in [-0.15, -0.1) is 23.5 Å². The number of hydrogen-bond donors (Lipinski definition) is 3. The minimum absolute atomic E-state index is 0.0959.